The summed E-state index contributed by atoms with van der Waals surface area (Å²) in [6, 6.07) is 8.56. The number of nitrogens with one attached hydrogen (secondary N) is 2. The molecule has 0 radical (unpaired) electrons. The first kappa shape index (κ1) is 18.6. The number of rotatable bonds is 8. The molecule has 2 aromatic rings. The fourth-order valence-corrected chi connectivity index (χ4v) is 2.29. The monoisotopic (exact) mass is 345 g/mol. The Morgan fingerprint density at radius 1 is 1.44 bits per heavy atom. The van der Waals surface area contributed by atoms with Crippen molar-refractivity contribution in [3.05, 3.63) is 66.4 Å². The SMILES string of the molecule is C=CCNC(=NCCc1ccco1)NC(C)c1ccc(OC)c(F)c1. The summed E-state index contributed by atoms with van der Waals surface area (Å²) in [7, 11) is 1.45. The lowest BCUT2D eigenvalue weighted by Crippen LogP contribution is -2.39. The first-order valence-electron chi connectivity index (χ1n) is 8.15. The highest BCUT2D eigenvalue weighted by atomic mass is 19.1. The number of halogens is 1. The van der Waals surface area contributed by atoms with Crippen molar-refractivity contribution in [2.75, 3.05) is 20.2 Å². The van der Waals surface area contributed by atoms with Crippen molar-refractivity contribution in [3.8, 4) is 5.75 Å². The van der Waals surface area contributed by atoms with E-state index in [2.05, 4.69) is 22.2 Å². The molecule has 0 aliphatic carbocycles. The highest BCUT2D eigenvalue weighted by Gasteiger charge is 2.11. The van der Waals surface area contributed by atoms with Crippen molar-refractivity contribution >= 4 is 5.96 Å². The zero-order valence-corrected chi connectivity index (χ0v) is 14.6. The third kappa shape index (κ3) is 5.67. The third-order valence-electron chi connectivity index (χ3n) is 3.65. The van der Waals surface area contributed by atoms with E-state index in [9.17, 15) is 4.39 Å². The lowest BCUT2D eigenvalue weighted by Gasteiger charge is -2.18. The second kappa shape index (κ2) is 9.52. The number of guanidine groups is 1. The van der Waals surface area contributed by atoms with E-state index in [0.717, 1.165) is 11.3 Å². The molecule has 0 saturated carbocycles. The highest BCUT2D eigenvalue weighted by Crippen LogP contribution is 2.21. The molecule has 2 N–H and O–H groups in total. The molecule has 1 heterocycles. The van der Waals surface area contributed by atoms with Gasteiger partial charge in [0.15, 0.2) is 17.5 Å². The molecule has 1 aromatic heterocycles. The number of benzene rings is 1. The number of hydrogen-bond acceptors (Lipinski definition) is 3. The van der Waals surface area contributed by atoms with E-state index in [1.54, 1.807) is 18.4 Å². The van der Waals surface area contributed by atoms with Crippen LogP contribution in [0.3, 0.4) is 0 Å². The summed E-state index contributed by atoms with van der Waals surface area (Å²) in [6.07, 6.45) is 4.11. The van der Waals surface area contributed by atoms with Crippen LogP contribution in [-0.4, -0.2) is 26.2 Å². The molecule has 0 bridgehead atoms. The van der Waals surface area contributed by atoms with Crippen LogP contribution < -0.4 is 15.4 Å². The summed E-state index contributed by atoms with van der Waals surface area (Å²) in [4.78, 5) is 4.53. The molecular formula is C19H24FN3O2. The van der Waals surface area contributed by atoms with Crippen LogP contribution >= 0.6 is 0 Å². The molecule has 0 saturated heterocycles. The maximum Gasteiger partial charge on any atom is 0.191 e. The fraction of sp³-hybridized carbons (Fsp3) is 0.316. The van der Waals surface area contributed by atoms with E-state index in [1.165, 1.54) is 13.2 Å². The van der Waals surface area contributed by atoms with Crippen LogP contribution in [0.15, 0.2) is 58.7 Å². The van der Waals surface area contributed by atoms with Gasteiger partial charge in [-0.25, -0.2) is 4.39 Å². The number of aliphatic imine (C=N–C) groups is 1. The van der Waals surface area contributed by atoms with Crippen molar-refractivity contribution in [3.63, 3.8) is 0 Å². The van der Waals surface area contributed by atoms with Gasteiger partial charge in [-0.1, -0.05) is 12.1 Å². The molecule has 25 heavy (non-hydrogen) atoms. The summed E-state index contributed by atoms with van der Waals surface area (Å²) in [5.41, 5.74) is 0.803. The summed E-state index contributed by atoms with van der Waals surface area (Å²) in [5, 5.41) is 6.43. The zero-order chi connectivity index (χ0) is 18.1. The van der Waals surface area contributed by atoms with E-state index in [4.69, 9.17) is 9.15 Å². The first-order chi connectivity index (χ1) is 12.1. The van der Waals surface area contributed by atoms with Crippen LogP contribution in [0.5, 0.6) is 5.75 Å². The van der Waals surface area contributed by atoms with Gasteiger partial charge in [-0.3, -0.25) is 4.99 Å². The Bertz CT molecular complexity index is 699. The number of ether oxygens (including phenoxy) is 1. The molecule has 1 unspecified atom stereocenters. The minimum absolute atomic E-state index is 0.125. The Morgan fingerprint density at radius 3 is 2.92 bits per heavy atom. The van der Waals surface area contributed by atoms with Crippen LogP contribution in [-0.2, 0) is 6.42 Å². The van der Waals surface area contributed by atoms with Crippen molar-refractivity contribution in [1.29, 1.82) is 0 Å². The number of methoxy groups -OCH3 is 1. The lowest BCUT2D eigenvalue weighted by atomic mass is 10.1. The minimum atomic E-state index is -0.385. The quantitative estimate of drug-likeness (QED) is 0.437. The summed E-state index contributed by atoms with van der Waals surface area (Å²) in [5.74, 6) is 1.37. The first-order valence-corrected chi connectivity index (χ1v) is 8.15. The molecule has 0 aliphatic heterocycles. The zero-order valence-electron chi connectivity index (χ0n) is 14.6. The summed E-state index contributed by atoms with van der Waals surface area (Å²) >= 11 is 0. The average Bonchev–Trinajstić information content (AvgIpc) is 3.12. The number of nitrogens with zero attached hydrogens (tertiary/aromatic N) is 1. The third-order valence-corrected chi connectivity index (χ3v) is 3.65. The van der Waals surface area contributed by atoms with Gasteiger partial charge in [-0.05, 0) is 36.8 Å². The highest BCUT2D eigenvalue weighted by molar-refractivity contribution is 5.80. The van der Waals surface area contributed by atoms with Gasteiger partial charge in [-0.2, -0.15) is 0 Å². The van der Waals surface area contributed by atoms with Gasteiger partial charge < -0.3 is 19.8 Å². The average molecular weight is 345 g/mol. The maximum atomic E-state index is 13.9. The second-order valence-corrected chi connectivity index (χ2v) is 5.49. The topological polar surface area (TPSA) is 58.8 Å². The smallest absolute Gasteiger partial charge is 0.191 e. The van der Waals surface area contributed by atoms with Crippen LogP contribution in [0, 0.1) is 5.82 Å². The van der Waals surface area contributed by atoms with E-state index in [0.29, 0.717) is 25.5 Å². The van der Waals surface area contributed by atoms with Gasteiger partial charge in [0.2, 0.25) is 0 Å². The molecule has 2 rings (SSSR count). The summed E-state index contributed by atoms with van der Waals surface area (Å²) < 4.78 is 24.1. The number of hydrogen-bond donors (Lipinski definition) is 2. The van der Waals surface area contributed by atoms with E-state index in [1.807, 2.05) is 25.1 Å². The predicted molar refractivity (Wildman–Crippen MR) is 97.4 cm³/mol. The van der Waals surface area contributed by atoms with Gasteiger partial charge >= 0.3 is 0 Å². The maximum absolute atomic E-state index is 13.9. The molecule has 0 fully saturated rings. The normalized spacial score (nSPS) is 12.5. The second-order valence-electron chi connectivity index (χ2n) is 5.49. The van der Waals surface area contributed by atoms with E-state index >= 15 is 0 Å². The Morgan fingerprint density at radius 2 is 2.28 bits per heavy atom. The molecule has 1 atom stereocenters. The van der Waals surface area contributed by atoms with Crippen LogP contribution in [0.4, 0.5) is 4.39 Å². The molecular weight excluding hydrogens is 321 g/mol. The van der Waals surface area contributed by atoms with Gasteiger partial charge in [0.25, 0.3) is 0 Å². The largest absolute Gasteiger partial charge is 0.494 e. The molecule has 0 amide bonds. The molecule has 1 aromatic carbocycles. The van der Waals surface area contributed by atoms with Crippen LogP contribution in [0.1, 0.15) is 24.3 Å². The Hall–Kier alpha value is -2.76. The van der Waals surface area contributed by atoms with Crippen molar-refractivity contribution < 1.29 is 13.5 Å². The molecule has 0 spiro atoms. The fourth-order valence-electron chi connectivity index (χ4n) is 2.29. The van der Waals surface area contributed by atoms with Crippen LogP contribution in [0.2, 0.25) is 0 Å². The van der Waals surface area contributed by atoms with E-state index in [-0.39, 0.29) is 17.6 Å². The Balaban J connectivity index is 2.01. The van der Waals surface area contributed by atoms with Crippen molar-refractivity contribution in [1.82, 2.24) is 10.6 Å². The van der Waals surface area contributed by atoms with Gasteiger partial charge in [0.1, 0.15) is 5.76 Å². The Kier molecular flexibility index (Phi) is 7.07. The molecule has 5 nitrogen and oxygen atoms in total. The van der Waals surface area contributed by atoms with Crippen molar-refractivity contribution in [2.24, 2.45) is 4.99 Å². The molecule has 0 aliphatic rings. The minimum Gasteiger partial charge on any atom is -0.494 e. The van der Waals surface area contributed by atoms with Gasteiger partial charge in [0.05, 0.1) is 19.4 Å². The van der Waals surface area contributed by atoms with E-state index < -0.39 is 0 Å². The van der Waals surface area contributed by atoms with Crippen LogP contribution in [0.25, 0.3) is 0 Å². The molecule has 134 valence electrons. The Labute approximate surface area is 147 Å². The van der Waals surface area contributed by atoms with Crippen molar-refractivity contribution in [2.45, 2.75) is 19.4 Å². The summed E-state index contributed by atoms with van der Waals surface area (Å²) in [6.45, 7) is 6.79. The molecule has 6 heteroatoms. The standard InChI is InChI=1S/C19H24FN3O2/c1-4-10-21-19(22-11-9-16-6-5-12-25-16)23-14(2)15-7-8-18(24-3)17(20)13-15/h4-8,12-14H,1,9-11H2,2-3H3,(H2,21,22,23). The van der Waals surface area contributed by atoms with Gasteiger partial charge in [-0.15, -0.1) is 6.58 Å². The van der Waals surface area contributed by atoms with Gasteiger partial charge in [0, 0.05) is 19.5 Å². The predicted octanol–water partition coefficient (Wildman–Crippen LogP) is 3.45. The lowest BCUT2D eigenvalue weighted by molar-refractivity contribution is 0.386. The number of furan rings is 1.